The summed E-state index contributed by atoms with van der Waals surface area (Å²) in [6, 6.07) is 1.08. The van der Waals surface area contributed by atoms with Crippen molar-refractivity contribution in [1.29, 1.82) is 0 Å². The predicted octanol–water partition coefficient (Wildman–Crippen LogP) is 3.78. The molecule has 0 bridgehead atoms. The third-order valence-electron chi connectivity index (χ3n) is 5.54. The van der Waals surface area contributed by atoms with Gasteiger partial charge in [0, 0.05) is 12.1 Å². The molecule has 2 rings (SSSR count). The van der Waals surface area contributed by atoms with Crippen LogP contribution in [0.1, 0.15) is 66.2 Å². The van der Waals surface area contributed by atoms with Crippen molar-refractivity contribution in [2.45, 2.75) is 78.3 Å². The second kappa shape index (κ2) is 6.05. The predicted molar refractivity (Wildman–Crippen MR) is 81.7 cm³/mol. The molecule has 1 N–H and O–H groups in total. The van der Waals surface area contributed by atoms with Crippen LogP contribution in [-0.2, 0) is 4.79 Å². The molecule has 1 heterocycles. The van der Waals surface area contributed by atoms with Crippen molar-refractivity contribution in [3.05, 3.63) is 0 Å². The fourth-order valence-corrected chi connectivity index (χ4v) is 4.43. The van der Waals surface area contributed by atoms with Crippen molar-refractivity contribution in [3.63, 3.8) is 0 Å². The number of carboxylic acids is 1. The van der Waals surface area contributed by atoms with Crippen molar-refractivity contribution in [3.8, 4) is 0 Å². The van der Waals surface area contributed by atoms with Crippen LogP contribution >= 0.6 is 0 Å². The Balaban J connectivity index is 2.07. The number of likely N-dealkylation sites (tertiary alicyclic amines) is 1. The molecule has 4 unspecified atom stereocenters. The highest BCUT2D eigenvalue weighted by Gasteiger charge is 2.41. The Bertz CT molecular complexity index is 347. The molecule has 0 spiro atoms. The minimum Gasteiger partial charge on any atom is -0.481 e. The van der Waals surface area contributed by atoms with Gasteiger partial charge in [-0.15, -0.1) is 0 Å². The highest BCUT2D eigenvalue weighted by molar-refractivity contribution is 5.70. The van der Waals surface area contributed by atoms with Crippen molar-refractivity contribution in [1.82, 2.24) is 4.90 Å². The van der Waals surface area contributed by atoms with E-state index in [1.54, 1.807) is 0 Å². The second-order valence-corrected chi connectivity index (χ2v) is 7.97. The van der Waals surface area contributed by atoms with E-state index in [2.05, 4.69) is 32.6 Å². The van der Waals surface area contributed by atoms with E-state index in [-0.39, 0.29) is 5.92 Å². The monoisotopic (exact) mass is 281 g/mol. The summed E-state index contributed by atoms with van der Waals surface area (Å²) in [7, 11) is 0. The molecule has 0 aromatic carbocycles. The van der Waals surface area contributed by atoms with Gasteiger partial charge in [-0.25, -0.2) is 0 Å². The fourth-order valence-electron chi connectivity index (χ4n) is 4.43. The fraction of sp³-hybridized carbons (Fsp3) is 0.941. The van der Waals surface area contributed by atoms with E-state index in [4.69, 9.17) is 0 Å². The third kappa shape index (κ3) is 3.36. The van der Waals surface area contributed by atoms with E-state index in [1.165, 1.54) is 25.7 Å². The number of piperidine rings is 1. The lowest BCUT2D eigenvalue weighted by atomic mass is 9.68. The maximum Gasteiger partial charge on any atom is 0.306 e. The summed E-state index contributed by atoms with van der Waals surface area (Å²) in [5.41, 5.74) is 0.356. The molecule has 0 radical (unpaired) electrons. The van der Waals surface area contributed by atoms with Crippen LogP contribution in [-0.4, -0.2) is 34.6 Å². The molecule has 116 valence electrons. The van der Waals surface area contributed by atoms with Crippen LogP contribution in [0.4, 0.5) is 0 Å². The molecule has 0 aromatic rings. The van der Waals surface area contributed by atoms with Crippen LogP contribution in [0.5, 0.6) is 0 Å². The summed E-state index contributed by atoms with van der Waals surface area (Å²) < 4.78 is 0. The smallest absolute Gasteiger partial charge is 0.306 e. The molecule has 3 nitrogen and oxygen atoms in total. The van der Waals surface area contributed by atoms with Crippen molar-refractivity contribution >= 4 is 5.97 Å². The zero-order valence-electron chi connectivity index (χ0n) is 13.6. The Morgan fingerprint density at radius 1 is 1.15 bits per heavy atom. The van der Waals surface area contributed by atoms with Gasteiger partial charge in [0.15, 0.2) is 0 Å². The van der Waals surface area contributed by atoms with E-state index in [0.29, 0.717) is 17.5 Å². The molecule has 20 heavy (non-hydrogen) atoms. The maximum absolute atomic E-state index is 11.2. The number of carbonyl (C=O) groups is 1. The molecular weight excluding hydrogens is 250 g/mol. The number of aliphatic carboxylic acids is 1. The molecule has 2 aliphatic rings. The number of carboxylic acid groups (broad SMARTS) is 1. The molecule has 2 fully saturated rings. The summed E-state index contributed by atoms with van der Waals surface area (Å²) >= 11 is 0. The number of hydrogen-bond donors (Lipinski definition) is 1. The van der Waals surface area contributed by atoms with Gasteiger partial charge in [0.05, 0.1) is 5.92 Å². The molecule has 1 aliphatic carbocycles. The third-order valence-corrected chi connectivity index (χ3v) is 5.54. The van der Waals surface area contributed by atoms with E-state index < -0.39 is 5.97 Å². The molecule has 0 aromatic heterocycles. The number of rotatable bonds is 2. The molecule has 1 saturated carbocycles. The lowest BCUT2D eigenvalue weighted by Crippen LogP contribution is -2.54. The van der Waals surface area contributed by atoms with Crippen LogP contribution < -0.4 is 0 Å². The van der Waals surface area contributed by atoms with Crippen molar-refractivity contribution in [2.75, 3.05) is 6.54 Å². The lowest BCUT2D eigenvalue weighted by molar-refractivity contribution is -0.144. The molecule has 1 saturated heterocycles. The minimum absolute atomic E-state index is 0.127. The molecule has 4 atom stereocenters. The summed E-state index contributed by atoms with van der Waals surface area (Å²) in [5, 5.41) is 9.22. The number of nitrogens with zero attached hydrogens (tertiary/aromatic N) is 1. The standard InChI is InChI=1S/C17H31NO2/c1-12-11-13(16(19)20)9-10-18(12)15-8-6-5-7-14(15)17(2,3)4/h12-15H,5-11H2,1-4H3,(H,19,20). The van der Waals surface area contributed by atoms with E-state index >= 15 is 0 Å². The summed E-state index contributed by atoms with van der Waals surface area (Å²) in [6.07, 6.45) is 6.97. The Hall–Kier alpha value is -0.570. The van der Waals surface area contributed by atoms with E-state index in [9.17, 15) is 9.90 Å². The van der Waals surface area contributed by atoms with Crippen molar-refractivity contribution in [2.24, 2.45) is 17.3 Å². The van der Waals surface area contributed by atoms with Crippen LogP contribution in [0.15, 0.2) is 0 Å². The molecule has 3 heteroatoms. The average Bonchev–Trinajstić information content (AvgIpc) is 2.37. The number of hydrogen-bond acceptors (Lipinski definition) is 2. The maximum atomic E-state index is 11.2. The quantitative estimate of drug-likeness (QED) is 0.837. The molecule has 1 aliphatic heterocycles. The van der Waals surface area contributed by atoms with Crippen LogP contribution in [0.2, 0.25) is 0 Å². The van der Waals surface area contributed by atoms with Gasteiger partial charge in [0.25, 0.3) is 0 Å². The Labute approximate surface area is 123 Å². The molecular formula is C17H31NO2. The topological polar surface area (TPSA) is 40.5 Å². The first-order valence-corrected chi connectivity index (χ1v) is 8.29. The summed E-state index contributed by atoms with van der Waals surface area (Å²) in [4.78, 5) is 13.8. The average molecular weight is 281 g/mol. The van der Waals surface area contributed by atoms with E-state index in [1.807, 2.05) is 0 Å². The van der Waals surface area contributed by atoms with Gasteiger partial charge in [0.1, 0.15) is 0 Å². The van der Waals surface area contributed by atoms with Gasteiger partial charge in [-0.3, -0.25) is 9.69 Å². The van der Waals surface area contributed by atoms with Gasteiger partial charge >= 0.3 is 5.97 Å². The van der Waals surface area contributed by atoms with Gasteiger partial charge in [-0.1, -0.05) is 33.6 Å². The zero-order chi connectivity index (χ0) is 14.9. The zero-order valence-corrected chi connectivity index (χ0v) is 13.6. The van der Waals surface area contributed by atoms with Crippen LogP contribution in [0.25, 0.3) is 0 Å². The SMILES string of the molecule is CC1CC(C(=O)O)CCN1C1CCCCC1C(C)(C)C. The lowest BCUT2D eigenvalue weighted by Gasteiger charge is -2.50. The Morgan fingerprint density at radius 2 is 1.80 bits per heavy atom. The van der Waals surface area contributed by atoms with Crippen molar-refractivity contribution < 1.29 is 9.90 Å². The highest BCUT2D eigenvalue weighted by Crippen LogP contribution is 2.42. The van der Waals surface area contributed by atoms with Gasteiger partial charge in [-0.2, -0.15) is 0 Å². The first-order valence-electron chi connectivity index (χ1n) is 8.29. The van der Waals surface area contributed by atoms with E-state index in [0.717, 1.165) is 25.3 Å². The first kappa shape index (κ1) is 15.8. The molecule has 0 amide bonds. The second-order valence-electron chi connectivity index (χ2n) is 7.97. The van der Waals surface area contributed by atoms with Gasteiger partial charge in [-0.05, 0) is 50.5 Å². The summed E-state index contributed by atoms with van der Waals surface area (Å²) in [6.45, 7) is 10.3. The Kier molecular flexibility index (Phi) is 4.78. The first-order chi connectivity index (χ1) is 9.30. The largest absolute Gasteiger partial charge is 0.481 e. The normalized spacial score (nSPS) is 36.8. The van der Waals surface area contributed by atoms with Crippen LogP contribution in [0.3, 0.4) is 0 Å². The highest BCUT2D eigenvalue weighted by atomic mass is 16.4. The van der Waals surface area contributed by atoms with Crippen LogP contribution in [0, 0.1) is 17.3 Å². The van der Waals surface area contributed by atoms with Gasteiger partial charge in [0.2, 0.25) is 0 Å². The van der Waals surface area contributed by atoms with Gasteiger partial charge < -0.3 is 5.11 Å². The minimum atomic E-state index is -0.604. The Morgan fingerprint density at radius 3 is 2.35 bits per heavy atom. The summed E-state index contributed by atoms with van der Waals surface area (Å²) in [5.74, 6) is 0.0190.